The summed E-state index contributed by atoms with van der Waals surface area (Å²) >= 11 is 5.82. The topological polar surface area (TPSA) is 111 Å². The lowest BCUT2D eigenvalue weighted by Crippen LogP contribution is -1.98. The number of nitrogens with one attached hydrogen (secondary N) is 1. The maximum absolute atomic E-state index is 11.0. The highest BCUT2D eigenvalue weighted by Gasteiger charge is 2.18. The zero-order valence-electron chi connectivity index (χ0n) is 13.0. The van der Waals surface area contributed by atoms with Crippen LogP contribution in [0.1, 0.15) is 12.5 Å². The number of halogens is 1. The van der Waals surface area contributed by atoms with Crippen LogP contribution in [0.25, 0.3) is 6.08 Å². The molecule has 0 saturated heterocycles. The van der Waals surface area contributed by atoms with E-state index in [0.717, 1.165) is 17.2 Å². The van der Waals surface area contributed by atoms with Crippen molar-refractivity contribution in [1.29, 1.82) is 0 Å². The van der Waals surface area contributed by atoms with Crippen LogP contribution in [0.3, 0.4) is 0 Å². The number of anilines is 1. The Morgan fingerprint density at radius 1 is 1.12 bits per heavy atom. The first-order chi connectivity index (χ1) is 11.9. The zero-order chi connectivity index (χ0) is 18.4. The van der Waals surface area contributed by atoms with Crippen molar-refractivity contribution in [3.8, 4) is 0 Å². The Morgan fingerprint density at radius 3 is 2.40 bits per heavy atom. The molecule has 0 aromatic heterocycles. The third kappa shape index (κ3) is 5.11. The normalized spacial score (nSPS) is 11.5. The van der Waals surface area contributed by atoms with Crippen molar-refractivity contribution in [2.24, 2.45) is 5.10 Å². The molecule has 2 aromatic rings. The van der Waals surface area contributed by atoms with E-state index in [9.17, 15) is 20.2 Å². The fourth-order valence-corrected chi connectivity index (χ4v) is 2.07. The summed E-state index contributed by atoms with van der Waals surface area (Å²) in [6.07, 6.45) is 3.34. The van der Waals surface area contributed by atoms with E-state index >= 15 is 0 Å². The number of nitro groups is 2. The van der Waals surface area contributed by atoms with Gasteiger partial charge in [0.05, 0.1) is 22.1 Å². The van der Waals surface area contributed by atoms with Crippen LogP contribution in [0, 0.1) is 20.2 Å². The van der Waals surface area contributed by atoms with Gasteiger partial charge in [-0.15, -0.1) is 0 Å². The number of hydrogen-bond acceptors (Lipinski definition) is 6. The zero-order valence-corrected chi connectivity index (χ0v) is 13.8. The number of rotatable bonds is 6. The molecule has 0 unspecified atom stereocenters. The number of hydrazone groups is 1. The summed E-state index contributed by atoms with van der Waals surface area (Å²) in [6, 6.07) is 10.5. The van der Waals surface area contributed by atoms with Crippen LogP contribution in [0.2, 0.25) is 5.02 Å². The molecule has 1 N–H and O–H groups in total. The minimum absolute atomic E-state index is 0.0612. The van der Waals surface area contributed by atoms with Gasteiger partial charge in [-0.05, 0) is 36.3 Å². The van der Waals surface area contributed by atoms with E-state index in [4.69, 9.17) is 11.6 Å². The molecule has 9 heteroatoms. The van der Waals surface area contributed by atoms with Crippen LogP contribution in [-0.2, 0) is 0 Å². The highest BCUT2D eigenvalue weighted by molar-refractivity contribution is 6.30. The molecule has 2 rings (SSSR count). The minimum Gasteiger partial charge on any atom is -0.272 e. The third-order valence-corrected chi connectivity index (χ3v) is 3.36. The van der Waals surface area contributed by atoms with Crippen LogP contribution < -0.4 is 5.43 Å². The monoisotopic (exact) mass is 360 g/mol. The highest BCUT2D eigenvalue weighted by atomic mass is 35.5. The van der Waals surface area contributed by atoms with Gasteiger partial charge in [-0.2, -0.15) is 5.10 Å². The molecular formula is C16H13ClN4O4. The average Bonchev–Trinajstić information content (AvgIpc) is 2.56. The number of hydrogen-bond donors (Lipinski definition) is 1. The van der Waals surface area contributed by atoms with Crippen LogP contribution >= 0.6 is 11.6 Å². The fraction of sp³-hybridized carbons (Fsp3) is 0.0625. The second kappa shape index (κ2) is 8.02. The molecule has 0 fully saturated rings. The number of benzene rings is 2. The fourth-order valence-electron chi connectivity index (χ4n) is 1.94. The molecular weight excluding hydrogens is 348 g/mol. The van der Waals surface area contributed by atoms with Crippen LogP contribution in [0.15, 0.2) is 53.1 Å². The predicted molar refractivity (Wildman–Crippen MR) is 97.0 cm³/mol. The van der Waals surface area contributed by atoms with E-state index in [1.807, 2.05) is 25.1 Å². The van der Waals surface area contributed by atoms with E-state index in [1.165, 1.54) is 18.3 Å². The van der Waals surface area contributed by atoms with Gasteiger partial charge in [0.1, 0.15) is 5.69 Å². The number of allylic oxidation sites excluding steroid dienone is 1. The van der Waals surface area contributed by atoms with E-state index in [0.29, 0.717) is 5.02 Å². The molecule has 0 aliphatic heterocycles. The molecule has 2 aromatic carbocycles. The quantitative estimate of drug-likeness (QED) is 0.457. The summed E-state index contributed by atoms with van der Waals surface area (Å²) in [6.45, 7) is 1.81. The molecule has 8 nitrogen and oxygen atoms in total. The second-order valence-electron chi connectivity index (χ2n) is 5.03. The molecule has 0 atom stereocenters. The Morgan fingerprint density at radius 2 is 1.80 bits per heavy atom. The number of nitro benzene ring substituents is 2. The van der Waals surface area contributed by atoms with Gasteiger partial charge in [-0.3, -0.25) is 25.7 Å². The van der Waals surface area contributed by atoms with Crippen LogP contribution in [0.5, 0.6) is 0 Å². The maximum atomic E-state index is 11.0. The summed E-state index contributed by atoms with van der Waals surface area (Å²) in [5.74, 6) is 0. The van der Waals surface area contributed by atoms with Gasteiger partial charge in [0.2, 0.25) is 0 Å². The van der Waals surface area contributed by atoms with E-state index in [2.05, 4.69) is 10.5 Å². The van der Waals surface area contributed by atoms with Gasteiger partial charge in [-0.25, -0.2) is 0 Å². The highest BCUT2D eigenvalue weighted by Crippen LogP contribution is 2.28. The summed E-state index contributed by atoms with van der Waals surface area (Å²) in [4.78, 5) is 20.3. The molecule has 0 spiro atoms. The lowest BCUT2D eigenvalue weighted by atomic mass is 10.1. The molecule has 0 aliphatic carbocycles. The number of nitrogens with zero attached hydrogens (tertiary/aromatic N) is 3. The van der Waals surface area contributed by atoms with Crippen molar-refractivity contribution in [3.63, 3.8) is 0 Å². The number of non-ortho nitro benzene ring substituents is 1. The van der Waals surface area contributed by atoms with E-state index in [1.54, 1.807) is 12.1 Å². The minimum atomic E-state index is -0.707. The van der Waals surface area contributed by atoms with E-state index in [-0.39, 0.29) is 11.4 Å². The van der Waals surface area contributed by atoms with Crippen molar-refractivity contribution >= 4 is 41.0 Å². The molecule has 0 radical (unpaired) electrons. The third-order valence-electron chi connectivity index (χ3n) is 3.11. The van der Waals surface area contributed by atoms with Crippen LogP contribution in [-0.4, -0.2) is 16.1 Å². The van der Waals surface area contributed by atoms with Gasteiger partial charge >= 0.3 is 5.69 Å². The van der Waals surface area contributed by atoms with Crippen LogP contribution in [0.4, 0.5) is 17.1 Å². The van der Waals surface area contributed by atoms with Crippen molar-refractivity contribution < 1.29 is 9.85 Å². The Hall–Kier alpha value is -3.26. The Bertz CT molecular complexity index is 863. The summed E-state index contributed by atoms with van der Waals surface area (Å²) in [5.41, 5.74) is 3.52. The first kappa shape index (κ1) is 18.1. The molecule has 0 bridgehead atoms. The predicted octanol–water partition coefficient (Wildman–Crippen LogP) is 4.66. The van der Waals surface area contributed by atoms with Crippen molar-refractivity contribution in [1.82, 2.24) is 0 Å². The molecule has 25 heavy (non-hydrogen) atoms. The lowest BCUT2D eigenvalue weighted by molar-refractivity contribution is -0.393. The van der Waals surface area contributed by atoms with Gasteiger partial charge in [0, 0.05) is 11.1 Å². The maximum Gasteiger partial charge on any atom is 0.301 e. The van der Waals surface area contributed by atoms with Gasteiger partial charge in [-0.1, -0.05) is 29.8 Å². The van der Waals surface area contributed by atoms with Gasteiger partial charge in [0.25, 0.3) is 5.69 Å². The first-order valence-electron chi connectivity index (χ1n) is 7.02. The summed E-state index contributed by atoms with van der Waals surface area (Å²) < 4.78 is 0. The molecule has 0 heterocycles. The second-order valence-corrected chi connectivity index (χ2v) is 5.46. The summed E-state index contributed by atoms with van der Waals surface area (Å²) in [7, 11) is 0. The van der Waals surface area contributed by atoms with Gasteiger partial charge in [0.15, 0.2) is 0 Å². The standard InChI is InChI=1S/C16H13ClN4O4/c1-11(8-12-2-4-13(17)5-3-12)10-18-19-15-7-6-14(20(22)23)9-16(15)21(24)25/h2-10,19H,1H3/b11-8?,18-10-. The Labute approximate surface area is 147 Å². The molecule has 0 aliphatic rings. The van der Waals surface area contributed by atoms with Gasteiger partial charge < -0.3 is 0 Å². The van der Waals surface area contributed by atoms with Crippen molar-refractivity contribution in [3.05, 3.63) is 78.9 Å². The Balaban J connectivity index is 2.14. The summed E-state index contributed by atoms with van der Waals surface area (Å²) in [5, 5.41) is 26.3. The molecule has 0 amide bonds. The lowest BCUT2D eigenvalue weighted by Gasteiger charge is -2.02. The average molecular weight is 361 g/mol. The smallest absolute Gasteiger partial charge is 0.272 e. The first-order valence-corrected chi connectivity index (χ1v) is 7.40. The Kier molecular flexibility index (Phi) is 5.80. The van der Waals surface area contributed by atoms with E-state index < -0.39 is 15.5 Å². The molecule has 128 valence electrons. The largest absolute Gasteiger partial charge is 0.301 e. The molecule has 0 saturated carbocycles. The van der Waals surface area contributed by atoms with Crippen molar-refractivity contribution in [2.75, 3.05) is 5.43 Å². The SMILES string of the molecule is CC(=Cc1ccc(Cl)cc1)/C=N\Nc1ccc([N+](=O)[O-])cc1[N+](=O)[O-]. The van der Waals surface area contributed by atoms with Crippen molar-refractivity contribution in [2.45, 2.75) is 6.92 Å².